The number of hydrogen-bond acceptors (Lipinski definition) is 2. The molecule has 2 heterocycles. The van der Waals surface area contributed by atoms with E-state index in [1.54, 1.807) is 0 Å². The summed E-state index contributed by atoms with van der Waals surface area (Å²) in [5.74, 6) is 0. The molecule has 12 rings (SSSR count). The smallest absolute Gasteiger partial charge is 0.143 e. The third-order valence-corrected chi connectivity index (χ3v) is 12.0. The second-order valence-electron chi connectivity index (χ2n) is 15.3. The topological polar surface area (TPSA) is 21.3 Å². The maximum absolute atomic E-state index is 6.42. The van der Waals surface area contributed by atoms with Gasteiger partial charge in [-0.2, -0.15) is 0 Å². The maximum Gasteiger partial charge on any atom is 0.143 e. The zero-order chi connectivity index (χ0) is 38.9. The monoisotopic (exact) mass is 752 g/mol. The van der Waals surface area contributed by atoms with Crippen molar-refractivity contribution < 1.29 is 4.42 Å². The van der Waals surface area contributed by atoms with Crippen molar-refractivity contribution in [2.24, 2.45) is 0 Å². The quantitative estimate of drug-likeness (QED) is 0.169. The van der Waals surface area contributed by atoms with E-state index in [-0.39, 0.29) is 0 Å². The molecule has 2 aromatic heterocycles. The van der Waals surface area contributed by atoms with E-state index < -0.39 is 0 Å². The molecular formula is C56H36N2O. The number of nitrogens with zero attached hydrogens (tertiary/aromatic N) is 2. The van der Waals surface area contributed by atoms with Crippen molar-refractivity contribution in [1.29, 1.82) is 0 Å². The van der Waals surface area contributed by atoms with Gasteiger partial charge >= 0.3 is 0 Å². The van der Waals surface area contributed by atoms with Gasteiger partial charge in [0.15, 0.2) is 0 Å². The SMILES string of the molecule is c1ccc2cc(-n3c4ccccc4c4cc(-c5ccc(N(c6ccc(-c7cccc8c7oc7ccccc78)cc6)c6cccc7ccccc67)cc5)ccc43)ccc2c1. The predicted molar refractivity (Wildman–Crippen MR) is 249 cm³/mol. The largest absolute Gasteiger partial charge is 0.455 e. The summed E-state index contributed by atoms with van der Waals surface area (Å²) in [5.41, 5.74) is 13.3. The zero-order valence-corrected chi connectivity index (χ0v) is 32.1. The van der Waals surface area contributed by atoms with Crippen molar-refractivity contribution >= 4 is 82.4 Å². The molecule has 0 aliphatic rings. The van der Waals surface area contributed by atoms with Crippen LogP contribution in [0.15, 0.2) is 223 Å². The van der Waals surface area contributed by atoms with Gasteiger partial charge in [-0.3, -0.25) is 0 Å². The Bertz CT molecular complexity index is 3550. The van der Waals surface area contributed by atoms with Crippen LogP contribution in [0.1, 0.15) is 0 Å². The van der Waals surface area contributed by atoms with Gasteiger partial charge in [0.05, 0.1) is 16.7 Å². The third kappa shape index (κ3) is 5.44. The summed E-state index contributed by atoms with van der Waals surface area (Å²) >= 11 is 0. The molecule has 3 heteroatoms. The van der Waals surface area contributed by atoms with Gasteiger partial charge in [-0.05, 0) is 99.6 Å². The lowest BCUT2D eigenvalue weighted by molar-refractivity contribution is 0.670. The number of para-hydroxylation sites is 3. The molecule has 10 aromatic carbocycles. The molecule has 0 unspecified atom stereocenters. The average Bonchev–Trinajstić information content (AvgIpc) is 3.85. The van der Waals surface area contributed by atoms with E-state index in [0.29, 0.717) is 0 Å². The fourth-order valence-electron chi connectivity index (χ4n) is 9.14. The summed E-state index contributed by atoms with van der Waals surface area (Å²) in [6.45, 7) is 0. The van der Waals surface area contributed by atoms with Gasteiger partial charge in [-0.15, -0.1) is 0 Å². The van der Waals surface area contributed by atoms with Crippen LogP contribution in [0.5, 0.6) is 0 Å². The van der Waals surface area contributed by atoms with Crippen molar-refractivity contribution in [3.63, 3.8) is 0 Å². The maximum atomic E-state index is 6.42. The van der Waals surface area contributed by atoms with Crippen molar-refractivity contribution in [3.8, 4) is 27.9 Å². The molecule has 0 fully saturated rings. The molecule has 0 bridgehead atoms. The zero-order valence-electron chi connectivity index (χ0n) is 32.1. The normalized spacial score (nSPS) is 11.7. The molecule has 0 saturated carbocycles. The molecule has 59 heavy (non-hydrogen) atoms. The first-order chi connectivity index (χ1) is 29.2. The number of hydrogen-bond donors (Lipinski definition) is 0. The van der Waals surface area contributed by atoms with Crippen LogP contribution in [0.4, 0.5) is 17.1 Å². The first-order valence-electron chi connectivity index (χ1n) is 20.2. The molecule has 0 saturated heterocycles. The summed E-state index contributed by atoms with van der Waals surface area (Å²) in [6, 6.07) is 78.7. The van der Waals surface area contributed by atoms with E-state index in [1.807, 2.05) is 12.1 Å². The lowest BCUT2D eigenvalue weighted by Crippen LogP contribution is -2.10. The summed E-state index contributed by atoms with van der Waals surface area (Å²) in [6.07, 6.45) is 0. The highest BCUT2D eigenvalue weighted by Gasteiger charge is 2.18. The fraction of sp³-hybridized carbons (Fsp3) is 0. The summed E-state index contributed by atoms with van der Waals surface area (Å²) < 4.78 is 8.82. The Kier molecular flexibility index (Phi) is 7.54. The van der Waals surface area contributed by atoms with Crippen LogP contribution >= 0.6 is 0 Å². The Morgan fingerprint density at radius 1 is 0.356 bits per heavy atom. The Balaban J connectivity index is 0.948. The van der Waals surface area contributed by atoms with E-state index in [2.05, 4.69) is 216 Å². The second kappa shape index (κ2) is 13.4. The first kappa shape index (κ1) is 33.3. The van der Waals surface area contributed by atoms with Crippen molar-refractivity contribution in [2.75, 3.05) is 4.90 Å². The lowest BCUT2D eigenvalue weighted by Gasteiger charge is -2.27. The molecule has 0 amide bonds. The van der Waals surface area contributed by atoms with Gasteiger partial charge in [0, 0.05) is 49.6 Å². The van der Waals surface area contributed by atoms with Crippen LogP contribution in [-0.4, -0.2) is 4.57 Å². The second-order valence-corrected chi connectivity index (χ2v) is 15.3. The molecule has 0 N–H and O–H groups in total. The number of furan rings is 1. The fourth-order valence-corrected chi connectivity index (χ4v) is 9.14. The van der Waals surface area contributed by atoms with E-state index in [0.717, 1.165) is 50.1 Å². The number of anilines is 3. The first-order valence-corrected chi connectivity index (χ1v) is 20.2. The molecule has 0 aliphatic heterocycles. The molecule has 12 aromatic rings. The number of fused-ring (bicyclic) bond motifs is 8. The van der Waals surface area contributed by atoms with E-state index in [1.165, 1.54) is 60.2 Å². The Labute approximate surface area is 341 Å². The molecule has 0 spiro atoms. The minimum absolute atomic E-state index is 0.907. The molecule has 3 nitrogen and oxygen atoms in total. The average molecular weight is 753 g/mol. The van der Waals surface area contributed by atoms with Gasteiger partial charge in [-0.1, -0.05) is 152 Å². The Hall–Kier alpha value is -7.88. The highest BCUT2D eigenvalue weighted by Crippen LogP contribution is 2.42. The van der Waals surface area contributed by atoms with Gasteiger partial charge < -0.3 is 13.9 Å². The molecule has 0 aliphatic carbocycles. The molecule has 276 valence electrons. The summed E-state index contributed by atoms with van der Waals surface area (Å²) in [7, 11) is 0. The minimum Gasteiger partial charge on any atom is -0.455 e. The molecule has 0 radical (unpaired) electrons. The van der Waals surface area contributed by atoms with Crippen LogP contribution in [0, 0.1) is 0 Å². The van der Waals surface area contributed by atoms with Gasteiger partial charge in [0.2, 0.25) is 0 Å². The van der Waals surface area contributed by atoms with Gasteiger partial charge in [-0.25, -0.2) is 0 Å². The van der Waals surface area contributed by atoms with Crippen LogP contribution in [0.25, 0.3) is 93.2 Å². The summed E-state index contributed by atoms with van der Waals surface area (Å²) in [4.78, 5) is 2.37. The van der Waals surface area contributed by atoms with Crippen LogP contribution in [0.2, 0.25) is 0 Å². The lowest BCUT2D eigenvalue weighted by atomic mass is 10.0. The van der Waals surface area contributed by atoms with E-state index >= 15 is 0 Å². The Morgan fingerprint density at radius 3 is 1.80 bits per heavy atom. The van der Waals surface area contributed by atoms with Crippen molar-refractivity contribution in [1.82, 2.24) is 4.57 Å². The Morgan fingerprint density at radius 2 is 0.966 bits per heavy atom. The van der Waals surface area contributed by atoms with Crippen LogP contribution in [-0.2, 0) is 0 Å². The highest BCUT2D eigenvalue weighted by atomic mass is 16.3. The third-order valence-electron chi connectivity index (χ3n) is 12.0. The standard InChI is InChI=1S/C56H36N2O/c1-2-13-41-35-45(33-25-37(41)11-1)58-53-20-7-5-16-48(53)51-36-42(28-34-54(51)58)38-23-29-43(30-24-38)57(52-21-9-14-39-12-3-4-15-46(39)52)44-31-26-40(27-32-44)47-18-10-19-50-49-17-6-8-22-55(49)59-56(47)50/h1-36H. The van der Waals surface area contributed by atoms with Crippen molar-refractivity contribution in [2.45, 2.75) is 0 Å². The number of benzene rings is 10. The minimum atomic E-state index is 0.907. The predicted octanol–water partition coefficient (Wildman–Crippen LogP) is 15.8. The molecule has 0 atom stereocenters. The van der Waals surface area contributed by atoms with Gasteiger partial charge in [0.25, 0.3) is 0 Å². The van der Waals surface area contributed by atoms with Gasteiger partial charge in [0.1, 0.15) is 11.2 Å². The number of rotatable bonds is 6. The molecular weight excluding hydrogens is 717 g/mol. The van der Waals surface area contributed by atoms with Crippen molar-refractivity contribution in [3.05, 3.63) is 218 Å². The number of aromatic nitrogens is 1. The van der Waals surface area contributed by atoms with Crippen LogP contribution < -0.4 is 4.90 Å². The van der Waals surface area contributed by atoms with E-state index in [4.69, 9.17) is 4.42 Å². The van der Waals surface area contributed by atoms with Crippen LogP contribution in [0.3, 0.4) is 0 Å². The van der Waals surface area contributed by atoms with E-state index in [9.17, 15) is 0 Å². The highest BCUT2D eigenvalue weighted by molar-refractivity contribution is 6.11. The summed E-state index contributed by atoms with van der Waals surface area (Å²) in [5, 5.41) is 9.65.